The number of hydrogen-bond donors (Lipinski definition) is 4. The lowest BCUT2D eigenvalue weighted by atomic mass is 10.0. The summed E-state index contributed by atoms with van der Waals surface area (Å²) in [6.07, 6.45) is 0. The second-order valence-corrected chi connectivity index (χ2v) is 7.99. The first-order valence-corrected chi connectivity index (χ1v) is 10.2. The summed E-state index contributed by atoms with van der Waals surface area (Å²) in [4.78, 5) is 26.6. The van der Waals surface area contributed by atoms with Crippen LogP contribution in [0.4, 0.5) is 0 Å². The average molecular weight is 385 g/mol. The van der Waals surface area contributed by atoms with Gasteiger partial charge in [-0.15, -0.1) is 0 Å². The fourth-order valence-corrected chi connectivity index (χ4v) is 3.87. The standard InChI is InChI=1S/C22H30N4O2/c1-17(2)24-21(27)14-23-22(28)16-26-12-10-25(11-13-26)15-19-8-5-7-18-6-3-4-9-20(18)19/h3-9,17H,10-16H2,1-2H3,(H,23,28)(H,24,27)/p+2. The van der Waals surface area contributed by atoms with Gasteiger partial charge in [-0.3, -0.25) is 9.59 Å². The van der Waals surface area contributed by atoms with Crippen molar-refractivity contribution in [3.05, 3.63) is 48.0 Å². The predicted octanol–water partition coefficient (Wildman–Crippen LogP) is -1.24. The van der Waals surface area contributed by atoms with Gasteiger partial charge in [-0.1, -0.05) is 42.5 Å². The van der Waals surface area contributed by atoms with Gasteiger partial charge in [0, 0.05) is 11.6 Å². The SMILES string of the molecule is CC(C)NC(=O)CNC(=O)C[NH+]1CC[NH+](Cc2cccc3ccccc23)CC1. The van der Waals surface area contributed by atoms with E-state index < -0.39 is 0 Å². The molecule has 4 N–H and O–H groups in total. The Morgan fingerprint density at radius 3 is 2.36 bits per heavy atom. The van der Waals surface area contributed by atoms with Crippen LogP contribution in [0.2, 0.25) is 0 Å². The molecule has 0 unspecified atom stereocenters. The monoisotopic (exact) mass is 384 g/mol. The first-order valence-electron chi connectivity index (χ1n) is 10.2. The van der Waals surface area contributed by atoms with Crippen molar-refractivity contribution in [1.29, 1.82) is 0 Å². The number of piperazine rings is 1. The fourth-order valence-electron chi connectivity index (χ4n) is 3.87. The Kier molecular flexibility index (Phi) is 7.01. The number of rotatable bonds is 7. The van der Waals surface area contributed by atoms with Crippen LogP contribution in [-0.2, 0) is 16.1 Å². The first kappa shape index (κ1) is 20.3. The van der Waals surface area contributed by atoms with E-state index in [2.05, 4.69) is 53.1 Å². The van der Waals surface area contributed by atoms with Gasteiger partial charge >= 0.3 is 0 Å². The molecule has 1 aliphatic rings. The van der Waals surface area contributed by atoms with Crippen LogP contribution in [0.5, 0.6) is 0 Å². The Morgan fingerprint density at radius 2 is 1.61 bits per heavy atom. The van der Waals surface area contributed by atoms with Crippen molar-refractivity contribution in [3.8, 4) is 0 Å². The molecule has 0 atom stereocenters. The maximum atomic E-state index is 12.1. The highest BCUT2D eigenvalue weighted by Gasteiger charge is 2.25. The molecule has 1 fully saturated rings. The van der Waals surface area contributed by atoms with E-state index in [0.717, 1.165) is 32.7 Å². The molecule has 1 aliphatic heterocycles. The minimum Gasteiger partial charge on any atom is -0.352 e. The van der Waals surface area contributed by atoms with Crippen molar-refractivity contribution in [2.45, 2.75) is 26.4 Å². The normalized spacial score (nSPS) is 19.5. The van der Waals surface area contributed by atoms with Crippen LogP contribution in [0, 0.1) is 0 Å². The summed E-state index contributed by atoms with van der Waals surface area (Å²) in [6, 6.07) is 15.2. The quantitative estimate of drug-likeness (QED) is 0.483. The molecule has 0 aromatic heterocycles. The molecule has 3 rings (SSSR count). The van der Waals surface area contributed by atoms with Gasteiger partial charge in [0.05, 0.1) is 6.54 Å². The van der Waals surface area contributed by atoms with Gasteiger partial charge in [0.2, 0.25) is 5.91 Å². The van der Waals surface area contributed by atoms with Crippen LogP contribution >= 0.6 is 0 Å². The minimum atomic E-state index is -0.136. The Morgan fingerprint density at radius 1 is 0.929 bits per heavy atom. The lowest BCUT2D eigenvalue weighted by Gasteiger charge is -2.29. The maximum Gasteiger partial charge on any atom is 0.275 e. The van der Waals surface area contributed by atoms with E-state index in [9.17, 15) is 9.59 Å². The van der Waals surface area contributed by atoms with Crippen molar-refractivity contribution in [2.24, 2.45) is 0 Å². The van der Waals surface area contributed by atoms with Crippen LogP contribution < -0.4 is 20.4 Å². The van der Waals surface area contributed by atoms with E-state index in [-0.39, 0.29) is 24.4 Å². The molecule has 6 heteroatoms. The van der Waals surface area contributed by atoms with Crippen molar-refractivity contribution in [3.63, 3.8) is 0 Å². The van der Waals surface area contributed by atoms with Crippen LogP contribution in [0.25, 0.3) is 10.8 Å². The Hall–Kier alpha value is -2.44. The van der Waals surface area contributed by atoms with E-state index >= 15 is 0 Å². The second kappa shape index (κ2) is 9.66. The van der Waals surface area contributed by atoms with Gasteiger partial charge < -0.3 is 20.4 Å². The molecule has 150 valence electrons. The lowest BCUT2D eigenvalue weighted by molar-refractivity contribution is -1.02. The minimum absolute atomic E-state index is 0.0496. The van der Waals surface area contributed by atoms with Crippen LogP contribution in [0.15, 0.2) is 42.5 Å². The van der Waals surface area contributed by atoms with Gasteiger partial charge in [0.25, 0.3) is 5.91 Å². The number of quaternary nitrogens is 2. The molecule has 28 heavy (non-hydrogen) atoms. The molecule has 2 aromatic rings. The predicted molar refractivity (Wildman–Crippen MR) is 110 cm³/mol. The van der Waals surface area contributed by atoms with E-state index in [1.807, 2.05) is 13.8 Å². The van der Waals surface area contributed by atoms with Gasteiger partial charge in [-0.05, 0) is 24.6 Å². The van der Waals surface area contributed by atoms with E-state index in [1.54, 1.807) is 4.90 Å². The molecule has 2 aromatic carbocycles. The van der Waals surface area contributed by atoms with Crippen LogP contribution in [-0.4, -0.2) is 57.1 Å². The first-order chi connectivity index (χ1) is 13.5. The van der Waals surface area contributed by atoms with Crippen LogP contribution in [0.3, 0.4) is 0 Å². The highest BCUT2D eigenvalue weighted by Crippen LogP contribution is 2.17. The summed E-state index contributed by atoms with van der Waals surface area (Å²) in [5.41, 5.74) is 1.39. The molecule has 2 amide bonds. The third-order valence-electron chi connectivity index (χ3n) is 5.29. The highest BCUT2D eigenvalue weighted by atomic mass is 16.2. The lowest BCUT2D eigenvalue weighted by Crippen LogP contribution is -3.28. The van der Waals surface area contributed by atoms with E-state index in [0.29, 0.717) is 6.54 Å². The summed E-state index contributed by atoms with van der Waals surface area (Å²) in [7, 11) is 0. The van der Waals surface area contributed by atoms with Gasteiger partial charge in [-0.25, -0.2) is 0 Å². The molecule has 0 saturated carbocycles. The zero-order chi connectivity index (χ0) is 19.9. The third-order valence-corrected chi connectivity index (χ3v) is 5.29. The summed E-state index contributed by atoms with van der Waals surface area (Å²) in [6.45, 7) is 9.40. The molecule has 1 saturated heterocycles. The number of carbonyl (C=O) groups is 2. The molecule has 1 heterocycles. The van der Waals surface area contributed by atoms with Gasteiger partial charge in [0.15, 0.2) is 6.54 Å². The maximum absolute atomic E-state index is 12.1. The second-order valence-electron chi connectivity index (χ2n) is 7.99. The largest absolute Gasteiger partial charge is 0.352 e. The zero-order valence-electron chi connectivity index (χ0n) is 16.9. The molecular weight excluding hydrogens is 352 g/mol. The van der Waals surface area contributed by atoms with Gasteiger partial charge in [0.1, 0.15) is 32.7 Å². The van der Waals surface area contributed by atoms with Crippen molar-refractivity contribution < 1.29 is 19.4 Å². The molecule has 0 spiro atoms. The zero-order valence-corrected chi connectivity index (χ0v) is 16.9. The topological polar surface area (TPSA) is 67.1 Å². The van der Waals surface area contributed by atoms with Crippen molar-refractivity contribution in [1.82, 2.24) is 10.6 Å². The molecule has 0 bridgehead atoms. The summed E-state index contributed by atoms with van der Waals surface area (Å²) < 4.78 is 0. The number of amides is 2. The third kappa shape index (κ3) is 5.78. The summed E-state index contributed by atoms with van der Waals surface area (Å²) in [5, 5.41) is 8.14. The molecule has 6 nitrogen and oxygen atoms in total. The number of nitrogens with one attached hydrogen (secondary N) is 4. The highest BCUT2D eigenvalue weighted by molar-refractivity contribution is 5.86. The number of benzene rings is 2. The van der Waals surface area contributed by atoms with Crippen LogP contribution in [0.1, 0.15) is 19.4 Å². The number of carbonyl (C=O) groups excluding carboxylic acids is 2. The average Bonchev–Trinajstić information content (AvgIpc) is 2.68. The van der Waals surface area contributed by atoms with Crippen molar-refractivity contribution >= 4 is 22.6 Å². The number of hydrogen-bond acceptors (Lipinski definition) is 2. The van der Waals surface area contributed by atoms with E-state index in [4.69, 9.17) is 0 Å². The molecular formula is C22H32N4O2+2. The summed E-state index contributed by atoms with van der Waals surface area (Å²) in [5.74, 6) is -0.186. The Balaban J connectivity index is 1.43. The smallest absolute Gasteiger partial charge is 0.275 e. The number of fused-ring (bicyclic) bond motifs is 1. The Labute approximate surface area is 166 Å². The Bertz CT molecular complexity index is 808. The van der Waals surface area contributed by atoms with Crippen molar-refractivity contribution in [2.75, 3.05) is 39.3 Å². The fraction of sp³-hybridized carbons (Fsp3) is 0.455. The van der Waals surface area contributed by atoms with Gasteiger partial charge in [-0.2, -0.15) is 0 Å². The molecule has 0 aliphatic carbocycles. The summed E-state index contributed by atoms with van der Waals surface area (Å²) >= 11 is 0. The van der Waals surface area contributed by atoms with E-state index in [1.165, 1.54) is 21.2 Å². The molecule has 0 radical (unpaired) electrons.